The van der Waals surface area contributed by atoms with Crippen molar-refractivity contribution < 1.29 is 62.2 Å². The van der Waals surface area contributed by atoms with Gasteiger partial charge in [0.05, 0.1) is 0 Å². The molecule has 0 bridgehead atoms. The van der Waals surface area contributed by atoms with Crippen LogP contribution in [0.15, 0.2) is 158 Å². The predicted molar refractivity (Wildman–Crippen MR) is 230 cm³/mol. The molecule has 0 radical (unpaired) electrons. The Kier molecular flexibility index (Phi) is 16.0. The normalized spacial score (nSPS) is 11.7. The molecule has 0 heterocycles. The second kappa shape index (κ2) is 19.9. The van der Waals surface area contributed by atoms with Gasteiger partial charge in [0.2, 0.25) is 0 Å². The van der Waals surface area contributed by atoms with E-state index in [1.165, 1.54) is 67.8 Å². The molecular weight excluding hydrogens is 856 g/mol. The Balaban J connectivity index is 0.000000250. The minimum atomic E-state index is -4.29. The maximum atomic E-state index is 12.7. The minimum Gasteiger partial charge on any atom is -1.00 e. The van der Waals surface area contributed by atoms with E-state index in [4.69, 9.17) is 0 Å². The number of rotatable bonds is 4. The van der Waals surface area contributed by atoms with Crippen LogP contribution >= 0.6 is 0 Å². The Morgan fingerprint density at radius 2 is 1.14 bits per heavy atom. The van der Waals surface area contributed by atoms with Crippen molar-refractivity contribution in [2.45, 2.75) is 71.9 Å². The SMILES string of the molecule is CC(C)(C)c1cc2c([c-]c1-c1ccccc1)Cc1cc(-c3ccccc3)c(C(C)(C)C)cc1-2.Cc1ccc([C](=[Zr+2])c2cccc(C(F)(F)F)c2)cc1.[Cl-].[Cl-].c1cc[cH-]c1. The summed E-state index contributed by atoms with van der Waals surface area (Å²) in [5.41, 5.74) is 15.6. The molecule has 0 atom stereocenters. The van der Waals surface area contributed by atoms with E-state index in [1.54, 1.807) is 6.07 Å². The monoisotopic (exact) mass is 902 g/mol. The molecular formula is C53H49Cl2F3Zr-2. The van der Waals surface area contributed by atoms with Gasteiger partial charge in [0, 0.05) is 0 Å². The molecule has 1 aliphatic rings. The molecule has 6 heteroatoms. The van der Waals surface area contributed by atoms with Crippen LogP contribution in [0, 0.1) is 13.0 Å². The third-order valence-corrected chi connectivity index (χ3v) is 11.6. The van der Waals surface area contributed by atoms with Crippen molar-refractivity contribution >= 4 is 3.21 Å². The van der Waals surface area contributed by atoms with Crippen LogP contribution in [0.4, 0.5) is 13.2 Å². The summed E-state index contributed by atoms with van der Waals surface area (Å²) in [7, 11) is 0. The molecule has 0 unspecified atom stereocenters. The summed E-state index contributed by atoms with van der Waals surface area (Å²) >= 11 is 1.10. The number of aryl methyl sites for hydroxylation is 1. The standard InChI is InChI=1S/C33H33.C15H11F3.C5H5.2ClH.Zr/c1-32(2,3)30-20-26-24(18-28(30)22-13-9-7-10-14-22)17-25-19-29(23-15-11-8-12-16-23)31(21-27(25)26)33(4,5)6;1-11-5-7-12(8-6-11)9-13-3-2-4-14(10-13)15(16,17)18;1-2-4-5-3-1;;;/h7-16,18,20-21H,17H2,1-6H3;2-8,10H,1H3;1-5H;2*1H;/q-1;;-1;;;+2/p-2. The molecule has 0 aliphatic heterocycles. The van der Waals surface area contributed by atoms with Crippen LogP contribution < -0.4 is 24.8 Å². The van der Waals surface area contributed by atoms with Gasteiger partial charge in [-0.1, -0.05) is 131 Å². The molecule has 1 aliphatic carbocycles. The first kappa shape index (κ1) is 47.5. The van der Waals surface area contributed by atoms with Gasteiger partial charge in [0.15, 0.2) is 0 Å². The van der Waals surface area contributed by atoms with Gasteiger partial charge in [-0.25, -0.2) is 12.1 Å². The van der Waals surface area contributed by atoms with Crippen molar-refractivity contribution in [3.63, 3.8) is 0 Å². The van der Waals surface area contributed by atoms with E-state index in [0.29, 0.717) is 5.56 Å². The van der Waals surface area contributed by atoms with Crippen LogP contribution in [0.25, 0.3) is 33.4 Å². The molecule has 0 N–H and O–H groups in total. The second-order valence-electron chi connectivity index (χ2n) is 16.7. The molecule has 59 heavy (non-hydrogen) atoms. The van der Waals surface area contributed by atoms with E-state index in [0.717, 1.165) is 51.1 Å². The third-order valence-electron chi connectivity index (χ3n) is 10.2. The average Bonchev–Trinajstić information content (AvgIpc) is 3.89. The van der Waals surface area contributed by atoms with Crippen molar-refractivity contribution in [1.29, 1.82) is 0 Å². The Morgan fingerprint density at radius 3 is 1.66 bits per heavy atom. The molecule has 0 amide bonds. The van der Waals surface area contributed by atoms with Crippen LogP contribution in [0.1, 0.15) is 86.1 Å². The van der Waals surface area contributed by atoms with Gasteiger partial charge in [-0.05, 0) is 39.5 Å². The molecule has 8 rings (SSSR count). The molecule has 0 nitrogen and oxygen atoms in total. The van der Waals surface area contributed by atoms with Crippen molar-refractivity contribution in [2.24, 2.45) is 0 Å². The third kappa shape index (κ3) is 11.8. The smallest absolute Gasteiger partial charge is 0.172 e. The first-order valence-corrected chi connectivity index (χ1v) is 20.6. The number of benzene rings is 6. The summed E-state index contributed by atoms with van der Waals surface area (Å²) in [5.74, 6) is 0. The molecule has 0 spiro atoms. The fourth-order valence-corrected chi connectivity index (χ4v) is 7.95. The topological polar surface area (TPSA) is 0 Å². The van der Waals surface area contributed by atoms with E-state index in [9.17, 15) is 13.2 Å². The van der Waals surface area contributed by atoms with Gasteiger partial charge in [0.1, 0.15) is 0 Å². The number of fused-ring (bicyclic) bond motifs is 3. The minimum absolute atomic E-state index is 0. The van der Waals surface area contributed by atoms with Crippen LogP contribution in [0.5, 0.6) is 0 Å². The summed E-state index contributed by atoms with van der Waals surface area (Å²) in [6.45, 7) is 15.9. The van der Waals surface area contributed by atoms with Gasteiger partial charge in [0.25, 0.3) is 0 Å². The Bertz CT molecular complexity index is 2310. The molecule has 302 valence electrons. The van der Waals surface area contributed by atoms with Gasteiger partial charge < -0.3 is 24.8 Å². The van der Waals surface area contributed by atoms with Crippen LogP contribution in [-0.2, 0) is 47.7 Å². The fraction of sp³-hybridized carbons (Fsp3) is 0.208. The number of hydrogen-bond acceptors (Lipinski definition) is 0. The van der Waals surface area contributed by atoms with E-state index in [2.05, 4.69) is 126 Å². The maximum Gasteiger partial charge on any atom is -0.172 e. The summed E-state index contributed by atoms with van der Waals surface area (Å²) in [4.78, 5) is 0. The first-order chi connectivity index (χ1) is 27.0. The molecule has 7 aromatic rings. The summed E-state index contributed by atoms with van der Waals surface area (Å²) in [6, 6.07) is 56.1. The largest absolute Gasteiger partial charge is 1.00 e. The van der Waals surface area contributed by atoms with E-state index in [-0.39, 0.29) is 35.6 Å². The average molecular weight is 905 g/mol. The molecule has 0 saturated heterocycles. The van der Waals surface area contributed by atoms with Crippen molar-refractivity contribution in [1.82, 2.24) is 0 Å². The predicted octanol–water partition coefficient (Wildman–Crippen LogP) is 8.53. The van der Waals surface area contributed by atoms with Crippen molar-refractivity contribution in [2.75, 3.05) is 0 Å². The summed E-state index contributed by atoms with van der Waals surface area (Å²) < 4.78 is 39.0. The summed E-state index contributed by atoms with van der Waals surface area (Å²) in [5, 5.41) is 0. The molecule has 0 aromatic heterocycles. The zero-order chi connectivity index (χ0) is 41.0. The van der Waals surface area contributed by atoms with E-state index in [1.807, 2.05) is 61.5 Å². The van der Waals surface area contributed by atoms with Crippen molar-refractivity contribution in [3.05, 3.63) is 208 Å². The van der Waals surface area contributed by atoms with E-state index < -0.39 is 11.7 Å². The Hall–Kier alpha value is -4.21. The number of halogens is 5. The zero-order valence-electron chi connectivity index (χ0n) is 34.6. The maximum absolute atomic E-state index is 12.7. The van der Waals surface area contributed by atoms with Gasteiger partial charge >= 0.3 is 124 Å². The molecule has 7 aromatic carbocycles. The van der Waals surface area contributed by atoms with Crippen LogP contribution in [-0.4, -0.2) is 3.21 Å². The van der Waals surface area contributed by atoms with Gasteiger partial charge in [-0.3, -0.25) is 0 Å². The van der Waals surface area contributed by atoms with Crippen LogP contribution in [0.3, 0.4) is 0 Å². The van der Waals surface area contributed by atoms with Crippen molar-refractivity contribution in [3.8, 4) is 33.4 Å². The van der Waals surface area contributed by atoms with Gasteiger partial charge in [-0.15, -0.1) is 28.8 Å². The molecule has 0 saturated carbocycles. The van der Waals surface area contributed by atoms with Gasteiger partial charge in [-0.2, -0.15) is 18.2 Å². The van der Waals surface area contributed by atoms with E-state index >= 15 is 0 Å². The Labute approximate surface area is 376 Å². The molecule has 0 fully saturated rings. The second-order valence-corrected chi connectivity index (χ2v) is 17.9. The Morgan fingerprint density at radius 1 is 0.576 bits per heavy atom. The summed E-state index contributed by atoms with van der Waals surface area (Å²) in [6.07, 6.45) is -3.35. The fourth-order valence-electron chi connectivity index (χ4n) is 7.16. The number of alkyl halides is 3. The quantitative estimate of drug-likeness (QED) is 0.156. The zero-order valence-corrected chi connectivity index (χ0v) is 38.6. The number of hydrogen-bond donors (Lipinski definition) is 0. The van der Waals surface area contributed by atoms with Crippen LogP contribution in [0.2, 0.25) is 0 Å². The first-order valence-electron chi connectivity index (χ1n) is 19.4.